The van der Waals surface area contributed by atoms with Crippen molar-refractivity contribution in [1.29, 1.82) is 0 Å². The molecule has 0 fully saturated rings. The lowest BCUT2D eigenvalue weighted by Gasteiger charge is -2.30. The molecule has 3 nitrogen and oxygen atoms in total. The first-order chi connectivity index (χ1) is 8.20. The molecule has 0 saturated carbocycles. The molecule has 110 valence electrons. The van der Waals surface area contributed by atoms with Crippen molar-refractivity contribution in [2.24, 2.45) is 5.41 Å². The van der Waals surface area contributed by atoms with Gasteiger partial charge in [-0.3, -0.25) is 0 Å². The average molecular weight is 258 g/mol. The van der Waals surface area contributed by atoms with E-state index in [9.17, 15) is 0 Å². The van der Waals surface area contributed by atoms with Gasteiger partial charge in [-0.05, 0) is 33.9 Å². The quantitative estimate of drug-likeness (QED) is 0.644. The number of nitrogens with zero attached hydrogens (tertiary/aromatic N) is 1. The van der Waals surface area contributed by atoms with Gasteiger partial charge in [0.05, 0.1) is 13.2 Å². The van der Waals surface area contributed by atoms with E-state index >= 15 is 0 Å². The van der Waals surface area contributed by atoms with Crippen LogP contribution in [0.1, 0.15) is 48.5 Å². The number of hydrogen-bond donors (Lipinski definition) is 1. The van der Waals surface area contributed by atoms with Gasteiger partial charge >= 0.3 is 0 Å². The Morgan fingerprint density at radius 2 is 1.56 bits per heavy atom. The fraction of sp³-hybridized carbons (Fsp3) is 1.00. The number of likely N-dealkylation sites (N-methyl/N-ethyl adjacent to an activating group) is 1. The Bertz CT molecular complexity index is 205. The zero-order valence-corrected chi connectivity index (χ0v) is 13.6. The first kappa shape index (κ1) is 17.9. The molecule has 0 aliphatic carbocycles. The molecule has 0 aromatic carbocycles. The maximum Gasteiger partial charge on any atom is 0.0593 e. The van der Waals surface area contributed by atoms with E-state index in [1.54, 1.807) is 0 Å². The van der Waals surface area contributed by atoms with Crippen molar-refractivity contribution in [3.05, 3.63) is 0 Å². The Balaban J connectivity index is 3.76. The summed E-state index contributed by atoms with van der Waals surface area (Å²) in [5.74, 6) is 0. The van der Waals surface area contributed by atoms with Crippen molar-refractivity contribution in [3.8, 4) is 0 Å². The van der Waals surface area contributed by atoms with E-state index in [1.165, 1.54) is 0 Å². The minimum Gasteiger partial charge on any atom is -0.380 e. The first-order valence-corrected chi connectivity index (χ1v) is 7.25. The molecule has 0 amide bonds. The second kappa shape index (κ2) is 8.13. The highest BCUT2D eigenvalue weighted by atomic mass is 16.5. The van der Waals surface area contributed by atoms with Crippen LogP contribution in [-0.2, 0) is 4.74 Å². The number of rotatable bonds is 9. The molecular weight excluding hydrogens is 224 g/mol. The van der Waals surface area contributed by atoms with Crippen molar-refractivity contribution in [1.82, 2.24) is 10.2 Å². The third-order valence-corrected chi connectivity index (χ3v) is 3.04. The second-order valence-electron chi connectivity index (χ2n) is 6.85. The highest BCUT2D eigenvalue weighted by Crippen LogP contribution is 2.15. The largest absolute Gasteiger partial charge is 0.380 e. The van der Waals surface area contributed by atoms with Gasteiger partial charge in [0.25, 0.3) is 0 Å². The molecule has 3 heteroatoms. The van der Waals surface area contributed by atoms with Crippen molar-refractivity contribution in [2.75, 3.05) is 39.4 Å². The minimum absolute atomic E-state index is 0.179. The maximum atomic E-state index is 5.82. The third kappa shape index (κ3) is 9.86. The summed E-state index contributed by atoms with van der Waals surface area (Å²) >= 11 is 0. The van der Waals surface area contributed by atoms with E-state index in [0.717, 1.165) is 39.4 Å². The van der Waals surface area contributed by atoms with Crippen LogP contribution in [0.5, 0.6) is 0 Å². The average Bonchev–Trinajstić information content (AvgIpc) is 2.26. The van der Waals surface area contributed by atoms with E-state index in [4.69, 9.17) is 4.74 Å². The topological polar surface area (TPSA) is 24.5 Å². The summed E-state index contributed by atoms with van der Waals surface area (Å²) in [5, 5.41) is 3.54. The molecule has 0 spiro atoms. The number of ether oxygens (including phenoxy) is 1. The van der Waals surface area contributed by atoms with Crippen LogP contribution in [0, 0.1) is 5.41 Å². The van der Waals surface area contributed by atoms with Crippen LogP contribution in [0.2, 0.25) is 0 Å². The Labute approximate surface area is 114 Å². The van der Waals surface area contributed by atoms with Crippen molar-refractivity contribution in [2.45, 2.75) is 54.0 Å². The van der Waals surface area contributed by atoms with Gasteiger partial charge in [-0.15, -0.1) is 0 Å². The predicted octanol–water partition coefficient (Wildman–Crippen LogP) is 2.76. The van der Waals surface area contributed by atoms with Gasteiger partial charge in [-0.25, -0.2) is 0 Å². The Morgan fingerprint density at radius 1 is 1.00 bits per heavy atom. The minimum atomic E-state index is 0.179. The highest BCUT2D eigenvalue weighted by molar-refractivity contribution is 4.77. The number of hydrogen-bond acceptors (Lipinski definition) is 3. The SMILES string of the molecule is CCN(CC)CCOCC(C)(C)CNC(C)(C)C. The van der Waals surface area contributed by atoms with Crippen LogP contribution < -0.4 is 5.32 Å². The molecule has 0 aliphatic heterocycles. The Kier molecular flexibility index (Phi) is 8.08. The summed E-state index contributed by atoms with van der Waals surface area (Å²) < 4.78 is 5.82. The van der Waals surface area contributed by atoms with Gasteiger partial charge in [0.1, 0.15) is 0 Å². The van der Waals surface area contributed by atoms with Crippen molar-refractivity contribution in [3.63, 3.8) is 0 Å². The number of nitrogens with one attached hydrogen (secondary N) is 1. The van der Waals surface area contributed by atoms with Gasteiger partial charge in [-0.2, -0.15) is 0 Å². The lowest BCUT2D eigenvalue weighted by molar-refractivity contribution is 0.0462. The molecule has 0 radical (unpaired) electrons. The second-order valence-corrected chi connectivity index (χ2v) is 6.85. The summed E-state index contributed by atoms with van der Waals surface area (Å²) in [6.45, 7) is 21.4. The summed E-state index contributed by atoms with van der Waals surface area (Å²) in [5.41, 5.74) is 0.370. The van der Waals surface area contributed by atoms with E-state index in [-0.39, 0.29) is 11.0 Å². The summed E-state index contributed by atoms with van der Waals surface area (Å²) in [7, 11) is 0. The summed E-state index contributed by atoms with van der Waals surface area (Å²) in [4.78, 5) is 2.39. The maximum absolute atomic E-state index is 5.82. The van der Waals surface area contributed by atoms with E-state index in [0.29, 0.717) is 0 Å². The van der Waals surface area contributed by atoms with Crippen LogP contribution >= 0.6 is 0 Å². The molecule has 0 heterocycles. The Hall–Kier alpha value is -0.120. The third-order valence-electron chi connectivity index (χ3n) is 3.04. The molecule has 0 aromatic heterocycles. The van der Waals surface area contributed by atoms with Gasteiger partial charge in [-0.1, -0.05) is 27.7 Å². The standard InChI is InChI=1S/C15H34N2O/c1-8-17(9-2)10-11-18-13-15(6,7)12-16-14(3,4)5/h16H,8-13H2,1-7H3. The molecule has 0 atom stereocenters. The van der Waals surface area contributed by atoms with Crippen molar-refractivity contribution < 1.29 is 4.74 Å². The van der Waals surface area contributed by atoms with Crippen LogP contribution in [0.4, 0.5) is 0 Å². The predicted molar refractivity (Wildman–Crippen MR) is 80.1 cm³/mol. The van der Waals surface area contributed by atoms with Gasteiger partial charge in [0.2, 0.25) is 0 Å². The highest BCUT2D eigenvalue weighted by Gasteiger charge is 2.21. The zero-order valence-electron chi connectivity index (χ0n) is 13.6. The summed E-state index contributed by atoms with van der Waals surface area (Å²) in [6.07, 6.45) is 0. The Morgan fingerprint density at radius 3 is 2.00 bits per heavy atom. The lowest BCUT2D eigenvalue weighted by Crippen LogP contribution is -2.43. The molecular formula is C15H34N2O. The van der Waals surface area contributed by atoms with E-state index in [2.05, 4.69) is 58.7 Å². The summed E-state index contributed by atoms with van der Waals surface area (Å²) in [6, 6.07) is 0. The molecule has 0 aliphatic rings. The normalized spacial score (nSPS) is 13.3. The fourth-order valence-electron chi connectivity index (χ4n) is 1.64. The zero-order chi connectivity index (χ0) is 14.2. The van der Waals surface area contributed by atoms with Crippen molar-refractivity contribution >= 4 is 0 Å². The van der Waals surface area contributed by atoms with Crippen LogP contribution in [0.15, 0.2) is 0 Å². The monoisotopic (exact) mass is 258 g/mol. The van der Waals surface area contributed by atoms with Crippen LogP contribution in [-0.4, -0.2) is 49.8 Å². The molecule has 0 rings (SSSR count). The molecule has 0 bridgehead atoms. The van der Waals surface area contributed by atoms with Crippen LogP contribution in [0.3, 0.4) is 0 Å². The smallest absolute Gasteiger partial charge is 0.0593 e. The van der Waals surface area contributed by atoms with E-state index < -0.39 is 0 Å². The van der Waals surface area contributed by atoms with Gasteiger partial charge in [0.15, 0.2) is 0 Å². The first-order valence-electron chi connectivity index (χ1n) is 7.25. The lowest BCUT2D eigenvalue weighted by atomic mass is 9.93. The van der Waals surface area contributed by atoms with E-state index in [1.807, 2.05) is 0 Å². The fourth-order valence-corrected chi connectivity index (χ4v) is 1.64. The molecule has 0 unspecified atom stereocenters. The van der Waals surface area contributed by atoms with Gasteiger partial charge in [0, 0.05) is 24.0 Å². The van der Waals surface area contributed by atoms with Crippen LogP contribution in [0.25, 0.3) is 0 Å². The molecule has 0 aromatic rings. The van der Waals surface area contributed by atoms with Gasteiger partial charge < -0.3 is 15.0 Å². The molecule has 1 N–H and O–H groups in total. The molecule has 18 heavy (non-hydrogen) atoms. The molecule has 0 saturated heterocycles.